The summed E-state index contributed by atoms with van der Waals surface area (Å²) >= 11 is 0. The minimum atomic E-state index is -0.337. The van der Waals surface area contributed by atoms with Gasteiger partial charge in [0.2, 0.25) is 0 Å². The van der Waals surface area contributed by atoms with E-state index in [1.807, 2.05) is 66.1 Å². The number of hydrogen-bond donors (Lipinski definition) is 1. The van der Waals surface area contributed by atoms with E-state index in [1.165, 1.54) is 17.0 Å². The molecule has 0 spiro atoms. The number of ketones is 1. The van der Waals surface area contributed by atoms with Crippen LogP contribution in [0.5, 0.6) is 0 Å². The Labute approximate surface area is 319 Å². The molecule has 0 amide bonds. The van der Waals surface area contributed by atoms with Crippen molar-refractivity contribution in [1.29, 1.82) is 0 Å². The van der Waals surface area contributed by atoms with E-state index in [1.54, 1.807) is 6.26 Å². The average Bonchev–Trinajstić information content (AvgIpc) is 3.61. The number of aliphatic hydroxyl groups excluding tert-OH is 1. The molecule has 5 aromatic rings. The predicted molar refractivity (Wildman–Crippen MR) is 209 cm³/mol. The number of allylic oxidation sites excluding steroid dienone is 2. The summed E-state index contributed by atoms with van der Waals surface area (Å²) in [5, 5.41) is 13.6. The number of carbonyl (C=O) groups is 1. The van der Waals surface area contributed by atoms with Crippen molar-refractivity contribution < 1.29 is 34.4 Å². The molecule has 0 aliphatic rings. The summed E-state index contributed by atoms with van der Waals surface area (Å²) in [6.45, 7) is 23.3. The van der Waals surface area contributed by atoms with Crippen LogP contribution in [0.25, 0.3) is 44.1 Å². The molecule has 0 atom stereocenters. The Balaban J connectivity index is 0.000000335. The van der Waals surface area contributed by atoms with Crippen molar-refractivity contribution >= 4 is 27.5 Å². The number of hydrogen-bond acceptors (Lipinski definition) is 5. The van der Waals surface area contributed by atoms with Gasteiger partial charge in [-0.1, -0.05) is 111 Å². The number of aromatic nitrogens is 2. The van der Waals surface area contributed by atoms with E-state index in [0.29, 0.717) is 5.92 Å². The van der Waals surface area contributed by atoms with E-state index >= 15 is 0 Å². The smallest absolute Gasteiger partial charge is 0.164 e. The van der Waals surface area contributed by atoms with Gasteiger partial charge in [-0.2, -0.15) is 0 Å². The molecule has 0 saturated carbocycles. The molecule has 0 unspecified atom stereocenters. The Morgan fingerprint density at radius 1 is 0.882 bits per heavy atom. The fourth-order valence-corrected chi connectivity index (χ4v) is 6.19. The maximum atomic E-state index is 12.2. The Kier molecular flexibility index (Phi) is 14.2. The Bertz CT molecular complexity index is 1960. The Morgan fingerprint density at radius 2 is 1.53 bits per heavy atom. The molecule has 275 valence electrons. The quantitative estimate of drug-likeness (QED) is 0.0813. The summed E-state index contributed by atoms with van der Waals surface area (Å²) in [7, 11) is 0. The molecule has 0 aliphatic carbocycles. The molecule has 5 rings (SSSR count). The van der Waals surface area contributed by atoms with Gasteiger partial charge in [0, 0.05) is 66.0 Å². The third kappa shape index (κ3) is 9.45. The molecular weight excluding hydrogens is 809 g/mol. The molecule has 3 aromatic heterocycles. The van der Waals surface area contributed by atoms with Crippen LogP contribution in [0.4, 0.5) is 0 Å². The van der Waals surface area contributed by atoms with E-state index in [4.69, 9.17) is 14.4 Å². The standard InChI is InChI=1S/C30H29N2O.C15H28O2.Ir/c1-19(2)14-28-24-11-13-33-29(24)25(18-32-28)21-10-12-31-27(17-21)22-15-20-8-6-7-9-23(20)26(16-22)30(3,4)5;1-7-14(5,8-2)12(16)11-13(17)15(6,9-3)10-4;/h6-13,16-19H,14H2,1-5H3;11,16H,7-10H2,1-6H3;/q-1;;/b;12-11-;. The van der Waals surface area contributed by atoms with Crippen LogP contribution in [-0.4, -0.2) is 20.9 Å². The zero-order chi connectivity index (χ0) is 36.9. The molecule has 6 heteroatoms. The van der Waals surface area contributed by atoms with Crippen molar-refractivity contribution in [1.82, 2.24) is 9.97 Å². The number of furan rings is 1. The third-order valence-electron chi connectivity index (χ3n) is 10.7. The Morgan fingerprint density at radius 3 is 2.14 bits per heavy atom. The summed E-state index contributed by atoms with van der Waals surface area (Å²) in [5.74, 6) is 0.822. The zero-order valence-electron chi connectivity index (χ0n) is 32.5. The van der Waals surface area contributed by atoms with Crippen LogP contribution in [0.1, 0.15) is 113 Å². The molecule has 5 nitrogen and oxygen atoms in total. The maximum Gasteiger partial charge on any atom is 0.164 e. The number of rotatable bonds is 11. The Hall–Kier alpha value is -3.60. The molecule has 51 heavy (non-hydrogen) atoms. The van der Waals surface area contributed by atoms with E-state index in [2.05, 4.69) is 77.1 Å². The molecule has 3 heterocycles. The number of benzene rings is 2. The van der Waals surface area contributed by atoms with Crippen LogP contribution in [0.2, 0.25) is 0 Å². The predicted octanol–water partition coefficient (Wildman–Crippen LogP) is 12.7. The van der Waals surface area contributed by atoms with Gasteiger partial charge in [0.15, 0.2) is 5.78 Å². The molecule has 0 saturated heterocycles. The average molecular weight is 866 g/mol. The first-order valence-electron chi connectivity index (χ1n) is 18.3. The van der Waals surface area contributed by atoms with Crippen LogP contribution in [-0.2, 0) is 36.7 Å². The molecule has 0 bridgehead atoms. The van der Waals surface area contributed by atoms with Gasteiger partial charge in [0.1, 0.15) is 11.3 Å². The van der Waals surface area contributed by atoms with Crippen molar-refractivity contribution in [2.24, 2.45) is 16.7 Å². The number of fused-ring (bicyclic) bond motifs is 2. The van der Waals surface area contributed by atoms with Crippen molar-refractivity contribution in [3.63, 3.8) is 0 Å². The fraction of sp³-hybridized carbons (Fsp3) is 0.444. The molecule has 1 radical (unpaired) electrons. The second-order valence-electron chi connectivity index (χ2n) is 15.6. The molecule has 0 aliphatic heterocycles. The van der Waals surface area contributed by atoms with Crippen LogP contribution in [0, 0.1) is 22.8 Å². The van der Waals surface area contributed by atoms with Crippen LogP contribution < -0.4 is 0 Å². The van der Waals surface area contributed by atoms with Crippen LogP contribution in [0.15, 0.2) is 83.4 Å². The van der Waals surface area contributed by atoms with E-state index < -0.39 is 0 Å². The van der Waals surface area contributed by atoms with Gasteiger partial charge in [0.05, 0.1) is 12.0 Å². The van der Waals surface area contributed by atoms with Gasteiger partial charge >= 0.3 is 0 Å². The zero-order valence-corrected chi connectivity index (χ0v) is 34.9. The normalized spacial score (nSPS) is 12.5. The van der Waals surface area contributed by atoms with Crippen molar-refractivity contribution in [3.8, 4) is 22.4 Å². The second kappa shape index (κ2) is 17.3. The second-order valence-corrected chi connectivity index (χ2v) is 15.6. The SMILES string of the molecule is CC(C)Cc1ncc(-c2ccnc(-c3[c-]c4ccccc4c(C(C)(C)C)c3)c2)c2occc12.CCC(C)(CC)C(=O)/C=C(\O)C(C)(CC)CC.[Ir]. The first kappa shape index (κ1) is 41.8. The minimum Gasteiger partial charge on any atom is -0.512 e. The van der Waals surface area contributed by atoms with Crippen molar-refractivity contribution in [2.45, 2.75) is 114 Å². The van der Waals surface area contributed by atoms with Gasteiger partial charge in [-0.3, -0.25) is 14.8 Å². The largest absolute Gasteiger partial charge is 0.512 e. The summed E-state index contributed by atoms with van der Waals surface area (Å²) < 4.78 is 5.92. The first-order valence-corrected chi connectivity index (χ1v) is 18.3. The molecular formula is C45H57IrN2O3-. The van der Waals surface area contributed by atoms with Gasteiger partial charge < -0.3 is 9.52 Å². The minimum absolute atomic E-state index is 0. The summed E-state index contributed by atoms with van der Waals surface area (Å²) in [4.78, 5) is 21.7. The van der Waals surface area contributed by atoms with Gasteiger partial charge in [0.25, 0.3) is 0 Å². The first-order chi connectivity index (χ1) is 23.6. The molecule has 2 aromatic carbocycles. The van der Waals surface area contributed by atoms with Gasteiger partial charge in [-0.15, -0.1) is 29.1 Å². The number of aliphatic hydroxyl groups is 1. The monoisotopic (exact) mass is 866 g/mol. The van der Waals surface area contributed by atoms with Crippen LogP contribution >= 0.6 is 0 Å². The van der Waals surface area contributed by atoms with E-state index in [9.17, 15) is 9.90 Å². The van der Waals surface area contributed by atoms with Gasteiger partial charge in [-0.25, -0.2) is 0 Å². The third-order valence-corrected chi connectivity index (χ3v) is 10.7. The van der Waals surface area contributed by atoms with Crippen molar-refractivity contribution in [3.05, 3.63) is 96.3 Å². The summed E-state index contributed by atoms with van der Waals surface area (Å²) in [6, 6.07) is 20.5. The van der Waals surface area contributed by atoms with Gasteiger partial charge in [-0.05, 0) is 61.1 Å². The summed E-state index contributed by atoms with van der Waals surface area (Å²) in [6.07, 6.45) is 11.2. The molecule has 1 N–H and O–H groups in total. The van der Waals surface area contributed by atoms with Crippen LogP contribution in [0.3, 0.4) is 0 Å². The number of carbonyl (C=O) groups excluding carboxylic acids is 1. The summed E-state index contributed by atoms with van der Waals surface area (Å²) in [5.41, 5.74) is 6.61. The maximum absolute atomic E-state index is 12.2. The fourth-order valence-electron chi connectivity index (χ4n) is 6.19. The number of pyridine rings is 2. The topological polar surface area (TPSA) is 76.2 Å². The molecule has 0 fully saturated rings. The van der Waals surface area contributed by atoms with E-state index in [0.717, 1.165) is 76.5 Å². The van der Waals surface area contributed by atoms with Crippen molar-refractivity contribution in [2.75, 3.05) is 0 Å². The van der Waals surface area contributed by atoms with E-state index in [-0.39, 0.29) is 47.9 Å². The number of nitrogens with zero attached hydrogens (tertiary/aromatic N) is 2.